The van der Waals surface area contributed by atoms with Crippen LogP contribution in [0.15, 0.2) is 45.5 Å². The van der Waals surface area contributed by atoms with E-state index in [0.717, 1.165) is 30.6 Å². The van der Waals surface area contributed by atoms with E-state index in [9.17, 15) is 4.79 Å². The first-order chi connectivity index (χ1) is 12.1. The molecule has 1 aromatic heterocycles. The van der Waals surface area contributed by atoms with Gasteiger partial charge in [0.1, 0.15) is 5.54 Å². The third-order valence-electron chi connectivity index (χ3n) is 4.11. The van der Waals surface area contributed by atoms with Crippen molar-refractivity contribution in [2.45, 2.75) is 46.4 Å². The molecule has 0 bridgehead atoms. The number of methoxy groups -OCH3 is 1. The highest BCUT2D eigenvalue weighted by Gasteiger charge is 2.43. The fourth-order valence-electron chi connectivity index (χ4n) is 2.89. The molecule has 3 rings (SSSR count). The molecular formula is C17H20N4O2S2. The van der Waals surface area contributed by atoms with Gasteiger partial charge in [-0.2, -0.15) is 15.0 Å². The average Bonchev–Trinajstić information content (AvgIpc) is 3.11. The number of hydrogen-bond acceptors (Lipinski definition) is 8. The molecule has 1 heterocycles. The van der Waals surface area contributed by atoms with Gasteiger partial charge in [0.25, 0.3) is 0 Å². The van der Waals surface area contributed by atoms with Crippen LogP contribution in [-0.4, -0.2) is 39.8 Å². The minimum absolute atomic E-state index is 0.256. The van der Waals surface area contributed by atoms with Crippen LogP contribution in [-0.2, 0) is 9.53 Å². The van der Waals surface area contributed by atoms with Gasteiger partial charge in [-0.1, -0.05) is 42.8 Å². The molecule has 8 heteroatoms. The Kier molecular flexibility index (Phi) is 5.80. The Hall–Kier alpha value is -1.80. The van der Waals surface area contributed by atoms with Crippen molar-refractivity contribution in [2.24, 2.45) is 0 Å². The molecule has 0 radical (unpaired) electrons. The highest BCUT2D eigenvalue weighted by Crippen LogP contribution is 2.34. The fourth-order valence-corrected chi connectivity index (χ4v) is 4.07. The summed E-state index contributed by atoms with van der Waals surface area (Å²) in [6, 6.07) is 9.93. The van der Waals surface area contributed by atoms with E-state index in [2.05, 4.69) is 20.3 Å². The summed E-state index contributed by atoms with van der Waals surface area (Å²) in [4.78, 5) is 26.8. The molecule has 0 atom stereocenters. The molecule has 1 aliphatic rings. The summed E-state index contributed by atoms with van der Waals surface area (Å²) < 4.78 is 5.01. The summed E-state index contributed by atoms with van der Waals surface area (Å²) >= 11 is 2.92. The number of aromatic nitrogens is 3. The lowest BCUT2D eigenvalue weighted by atomic mass is 9.98. The lowest BCUT2D eigenvalue weighted by Gasteiger charge is -2.27. The number of nitrogens with zero attached hydrogens (tertiary/aromatic N) is 3. The number of carbonyl (C=O) groups excluding carboxylic acids is 1. The first-order valence-corrected chi connectivity index (χ1v) is 10.1. The van der Waals surface area contributed by atoms with Crippen molar-refractivity contribution in [1.29, 1.82) is 0 Å². The molecule has 1 aromatic carbocycles. The summed E-state index contributed by atoms with van der Waals surface area (Å²) in [5.41, 5.74) is -0.736. The lowest BCUT2D eigenvalue weighted by Crippen LogP contribution is -2.45. The Morgan fingerprint density at radius 1 is 1.12 bits per heavy atom. The van der Waals surface area contributed by atoms with Gasteiger partial charge in [0, 0.05) is 4.90 Å². The Morgan fingerprint density at radius 2 is 1.80 bits per heavy atom. The third kappa shape index (κ3) is 4.24. The molecule has 0 aliphatic heterocycles. The summed E-state index contributed by atoms with van der Waals surface area (Å²) in [5.74, 6) is 0.165. The van der Waals surface area contributed by atoms with Crippen LogP contribution in [0.25, 0.3) is 0 Å². The van der Waals surface area contributed by atoms with Gasteiger partial charge in [0.15, 0.2) is 10.3 Å². The summed E-state index contributed by atoms with van der Waals surface area (Å²) in [7, 11) is 1.42. The predicted octanol–water partition coefficient (Wildman–Crippen LogP) is 3.64. The Bertz CT molecular complexity index is 737. The van der Waals surface area contributed by atoms with Crippen molar-refractivity contribution in [3.8, 4) is 0 Å². The lowest BCUT2D eigenvalue weighted by molar-refractivity contribution is -0.145. The molecule has 0 saturated heterocycles. The second-order valence-electron chi connectivity index (χ2n) is 5.75. The average molecular weight is 377 g/mol. The van der Waals surface area contributed by atoms with Crippen molar-refractivity contribution >= 4 is 35.4 Å². The number of ether oxygens (including phenoxy) is 1. The topological polar surface area (TPSA) is 77.0 Å². The van der Waals surface area contributed by atoms with E-state index >= 15 is 0 Å². The number of thioether (sulfide) groups is 1. The van der Waals surface area contributed by atoms with Gasteiger partial charge in [-0.3, -0.25) is 0 Å². The maximum atomic E-state index is 12.3. The van der Waals surface area contributed by atoms with Crippen LogP contribution < -0.4 is 5.32 Å². The van der Waals surface area contributed by atoms with E-state index in [-0.39, 0.29) is 5.97 Å². The molecule has 2 aromatic rings. The van der Waals surface area contributed by atoms with Crippen molar-refractivity contribution in [3.63, 3.8) is 0 Å². The van der Waals surface area contributed by atoms with E-state index in [1.807, 2.05) is 36.6 Å². The Morgan fingerprint density at radius 3 is 2.44 bits per heavy atom. The van der Waals surface area contributed by atoms with Gasteiger partial charge in [-0.25, -0.2) is 4.79 Å². The number of nitrogens with one attached hydrogen (secondary N) is 1. The van der Waals surface area contributed by atoms with E-state index in [1.54, 1.807) is 0 Å². The molecule has 1 fully saturated rings. The van der Waals surface area contributed by atoms with Crippen LogP contribution in [0.1, 0.15) is 25.7 Å². The number of hydrogen-bond donors (Lipinski definition) is 1. The van der Waals surface area contributed by atoms with E-state index < -0.39 is 5.54 Å². The first-order valence-electron chi connectivity index (χ1n) is 8.05. The minimum Gasteiger partial charge on any atom is -0.467 e. The normalized spacial score (nSPS) is 15.8. The van der Waals surface area contributed by atoms with E-state index in [4.69, 9.17) is 4.74 Å². The second-order valence-corrected chi connectivity index (χ2v) is 7.56. The zero-order chi connectivity index (χ0) is 17.7. The van der Waals surface area contributed by atoms with Crippen LogP contribution in [0.3, 0.4) is 0 Å². The molecule has 0 spiro atoms. The summed E-state index contributed by atoms with van der Waals surface area (Å²) in [6.45, 7) is 0. The standard InChI is InChI=1S/C17H20N4O2S2/c1-23-13(22)17(10-6-7-11-17)21-14-18-15(24-2)20-16(19-14)25-12-8-4-3-5-9-12/h3-5,8-9H,6-7,10-11H2,1-2H3,(H,18,19,20,21). The molecule has 6 nitrogen and oxygen atoms in total. The molecule has 0 unspecified atom stereocenters. The molecule has 0 amide bonds. The first kappa shape index (κ1) is 18.0. The van der Waals surface area contributed by atoms with Gasteiger partial charge >= 0.3 is 5.97 Å². The molecule has 1 aliphatic carbocycles. The second kappa shape index (κ2) is 8.05. The van der Waals surface area contributed by atoms with Crippen LogP contribution in [0.2, 0.25) is 0 Å². The number of anilines is 1. The van der Waals surface area contributed by atoms with Crippen molar-refractivity contribution in [1.82, 2.24) is 15.0 Å². The van der Waals surface area contributed by atoms with Gasteiger partial charge in [-0.05, 0) is 43.0 Å². The number of rotatable bonds is 6. The molecule has 25 heavy (non-hydrogen) atoms. The molecular weight excluding hydrogens is 356 g/mol. The van der Waals surface area contributed by atoms with Crippen molar-refractivity contribution < 1.29 is 9.53 Å². The quantitative estimate of drug-likeness (QED) is 0.605. The maximum absolute atomic E-state index is 12.3. The molecule has 132 valence electrons. The molecule has 1 saturated carbocycles. The van der Waals surface area contributed by atoms with Gasteiger partial charge in [0.05, 0.1) is 7.11 Å². The van der Waals surface area contributed by atoms with E-state index in [1.165, 1.54) is 30.6 Å². The number of benzene rings is 1. The molecule has 1 N–H and O–H groups in total. The third-order valence-corrected chi connectivity index (χ3v) is 5.53. The number of esters is 1. The highest BCUT2D eigenvalue weighted by atomic mass is 32.2. The summed E-state index contributed by atoms with van der Waals surface area (Å²) in [5, 5.41) is 4.46. The Labute approximate surface area is 155 Å². The van der Waals surface area contributed by atoms with Gasteiger partial charge in [-0.15, -0.1) is 0 Å². The predicted molar refractivity (Wildman–Crippen MR) is 99.0 cm³/mol. The van der Waals surface area contributed by atoms with Crippen LogP contribution >= 0.6 is 23.5 Å². The zero-order valence-electron chi connectivity index (χ0n) is 14.2. The number of carbonyl (C=O) groups is 1. The van der Waals surface area contributed by atoms with Crippen LogP contribution in [0.4, 0.5) is 5.95 Å². The maximum Gasteiger partial charge on any atom is 0.331 e. The van der Waals surface area contributed by atoms with Crippen LogP contribution in [0, 0.1) is 0 Å². The van der Waals surface area contributed by atoms with Gasteiger partial charge < -0.3 is 10.1 Å². The van der Waals surface area contributed by atoms with Gasteiger partial charge in [0.2, 0.25) is 5.95 Å². The summed E-state index contributed by atoms with van der Waals surface area (Å²) in [6.07, 6.45) is 5.33. The van der Waals surface area contributed by atoms with E-state index in [0.29, 0.717) is 16.3 Å². The largest absolute Gasteiger partial charge is 0.467 e. The van der Waals surface area contributed by atoms with Crippen LogP contribution in [0.5, 0.6) is 0 Å². The smallest absolute Gasteiger partial charge is 0.331 e. The minimum atomic E-state index is -0.736. The SMILES string of the molecule is COC(=O)C1(Nc2nc(SC)nc(Sc3ccccc3)n2)CCCC1. The fraction of sp³-hybridized carbons (Fsp3) is 0.412. The zero-order valence-corrected chi connectivity index (χ0v) is 15.8. The highest BCUT2D eigenvalue weighted by molar-refractivity contribution is 7.99. The Balaban J connectivity index is 1.88. The monoisotopic (exact) mass is 376 g/mol. The van der Waals surface area contributed by atoms with Crippen molar-refractivity contribution in [3.05, 3.63) is 30.3 Å². The van der Waals surface area contributed by atoms with Crippen molar-refractivity contribution in [2.75, 3.05) is 18.7 Å².